The summed E-state index contributed by atoms with van der Waals surface area (Å²) in [5, 5.41) is 41.6. The summed E-state index contributed by atoms with van der Waals surface area (Å²) in [6.07, 6.45) is -6.85. The van der Waals surface area contributed by atoms with E-state index >= 15 is 0 Å². The van der Waals surface area contributed by atoms with E-state index in [4.69, 9.17) is 25.5 Å². The number of fused-ring (bicyclic) bond motifs is 1. The molecule has 2 unspecified atom stereocenters. The van der Waals surface area contributed by atoms with Crippen LogP contribution in [-0.4, -0.2) is 105 Å². The maximum Gasteiger partial charge on any atom is 0.481 e. The second-order valence-corrected chi connectivity index (χ2v) is 12.7. The number of aliphatic hydroxyl groups is 4. The number of pyridine rings is 1. The fourth-order valence-electron chi connectivity index (χ4n) is 4.58. The summed E-state index contributed by atoms with van der Waals surface area (Å²) in [7, 11) is -10.7. The lowest BCUT2D eigenvalue weighted by atomic mass is 10.1. The van der Waals surface area contributed by atoms with Crippen LogP contribution in [0.25, 0.3) is 11.2 Å². The molecule has 2 aliphatic rings. The highest BCUT2D eigenvalue weighted by Gasteiger charge is 2.50. The zero-order chi connectivity index (χ0) is 32.0. The third-order valence-corrected chi connectivity index (χ3v) is 9.35. The molecule has 10 N–H and O–H groups in total. The molecule has 2 saturated heterocycles. The van der Waals surface area contributed by atoms with Gasteiger partial charge in [0, 0.05) is 6.07 Å². The summed E-state index contributed by atoms with van der Waals surface area (Å²) in [4.78, 5) is 43.3. The second-order valence-electron chi connectivity index (χ2n) is 9.69. The highest BCUT2D eigenvalue weighted by molar-refractivity contribution is 7.61. The smallest absolute Gasteiger partial charge is 0.387 e. The van der Waals surface area contributed by atoms with E-state index in [1.807, 2.05) is 0 Å². The molecule has 3 aromatic rings. The van der Waals surface area contributed by atoms with Crippen molar-refractivity contribution >= 4 is 38.5 Å². The van der Waals surface area contributed by atoms with Gasteiger partial charge in [-0.1, -0.05) is 0 Å². The van der Waals surface area contributed by atoms with Crippen LogP contribution in [-0.2, 0) is 32.0 Å². The van der Waals surface area contributed by atoms with Crippen LogP contribution in [0.2, 0.25) is 0 Å². The van der Waals surface area contributed by atoms with E-state index in [1.165, 1.54) is 40.0 Å². The average Bonchev–Trinajstić information content (AvgIpc) is 3.61. The Hall–Kier alpha value is -3.01. The number of ether oxygens (including phenoxy) is 2. The number of phosphoric ester groups is 2. The number of phosphoric acid groups is 2. The van der Waals surface area contributed by atoms with Gasteiger partial charge in [0.25, 0.3) is 12.1 Å². The van der Waals surface area contributed by atoms with E-state index in [9.17, 15) is 44.1 Å². The number of hydrogen-bond acceptors (Lipinski definition) is 16. The van der Waals surface area contributed by atoms with Crippen molar-refractivity contribution in [1.29, 1.82) is 0 Å². The largest absolute Gasteiger partial charge is 0.481 e. The number of carbonyl (C=O) groups excluding carboxylic acids is 1. The van der Waals surface area contributed by atoms with Gasteiger partial charge in [-0.05, 0) is 6.07 Å². The topological polar surface area (TPSA) is 318 Å². The Bertz CT molecular complexity index is 1630. The molecule has 21 nitrogen and oxygen atoms in total. The van der Waals surface area contributed by atoms with Crippen LogP contribution in [0, 0.1) is 0 Å². The summed E-state index contributed by atoms with van der Waals surface area (Å²) in [6, 6.07) is 2.83. The van der Waals surface area contributed by atoms with Gasteiger partial charge in [0.2, 0.25) is 0 Å². The van der Waals surface area contributed by atoms with Crippen molar-refractivity contribution in [1.82, 2.24) is 19.5 Å². The highest BCUT2D eigenvalue weighted by Crippen LogP contribution is 2.60. The van der Waals surface area contributed by atoms with Crippen molar-refractivity contribution in [2.45, 2.75) is 49.1 Å². The van der Waals surface area contributed by atoms with Crippen molar-refractivity contribution < 1.29 is 71.5 Å². The molecule has 0 radical (unpaired) electrons. The van der Waals surface area contributed by atoms with Crippen molar-refractivity contribution in [2.75, 3.05) is 18.9 Å². The highest BCUT2D eigenvalue weighted by atomic mass is 31.3. The Morgan fingerprint density at radius 3 is 2.27 bits per heavy atom. The number of imidazole rings is 1. The third-order valence-electron chi connectivity index (χ3n) is 6.75. The molecule has 0 bridgehead atoms. The average molecular weight is 664 g/mol. The SMILES string of the molecule is NC(=O)c1ccc[n+]([C@@H]2O[C@H](COP(=O)(O)OP(=O)(O)OC[C@@H]3O[C@H](n4cnc5c(N)ncnc54)[C@H](O)[C@@H]3O)[C@@H](O)[C@@H]2O)c1. The number of nitrogen functional groups attached to an aromatic ring is 1. The van der Waals surface area contributed by atoms with E-state index in [2.05, 4.69) is 23.8 Å². The van der Waals surface area contributed by atoms with Crippen molar-refractivity contribution in [3.8, 4) is 0 Å². The van der Waals surface area contributed by atoms with E-state index in [0.717, 1.165) is 6.33 Å². The van der Waals surface area contributed by atoms with Gasteiger partial charge < -0.3 is 51.2 Å². The molecule has 2 fully saturated rings. The Morgan fingerprint density at radius 2 is 1.61 bits per heavy atom. The summed E-state index contributed by atoms with van der Waals surface area (Å²) < 4.78 is 52.0. The molecule has 23 heteroatoms. The molecule has 3 aromatic heterocycles. The number of primary amides is 1. The van der Waals surface area contributed by atoms with Gasteiger partial charge in [-0.15, -0.1) is 0 Å². The number of nitrogens with zero attached hydrogens (tertiary/aromatic N) is 5. The predicted octanol–water partition coefficient (Wildman–Crippen LogP) is -3.02. The molecule has 44 heavy (non-hydrogen) atoms. The lowest BCUT2D eigenvalue weighted by Gasteiger charge is -2.20. The Kier molecular flexibility index (Phi) is 9.13. The Balaban J connectivity index is 1.16. The van der Waals surface area contributed by atoms with Gasteiger partial charge in [0.15, 0.2) is 36.2 Å². The van der Waals surface area contributed by atoms with E-state index in [1.54, 1.807) is 0 Å². The van der Waals surface area contributed by atoms with Gasteiger partial charge in [-0.3, -0.25) is 18.4 Å². The molecule has 240 valence electrons. The molecule has 0 aliphatic carbocycles. The Morgan fingerprint density at radius 1 is 0.977 bits per heavy atom. The summed E-state index contributed by atoms with van der Waals surface area (Å²) in [5.74, 6) is -0.714. The molecule has 10 atom stereocenters. The van der Waals surface area contributed by atoms with Crippen LogP contribution in [0.1, 0.15) is 22.8 Å². The van der Waals surface area contributed by atoms with Crippen molar-refractivity contribution in [2.24, 2.45) is 5.73 Å². The number of hydrogen-bond donors (Lipinski definition) is 8. The molecule has 0 spiro atoms. The van der Waals surface area contributed by atoms with Crippen molar-refractivity contribution in [3.63, 3.8) is 0 Å². The number of amides is 1. The number of rotatable bonds is 11. The zero-order valence-electron chi connectivity index (χ0n) is 22.2. The number of nitrogens with two attached hydrogens (primary N) is 2. The molecule has 5 heterocycles. The normalized spacial score (nSPS) is 31.6. The first-order valence-electron chi connectivity index (χ1n) is 12.6. The summed E-state index contributed by atoms with van der Waals surface area (Å²) in [6.45, 7) is -1.80. The number of aromatic nitrogens is 5. The molecule has 0 aromatic carbocycles. The minimum atomic E-state index is -5.37. The quantitative estimate of drug-likeness (QED) is 0.0747. The van der Waals surface area contributed by atoms with Crippen molar-refractivity contribution in [3.05, 3.63) is 42.7 Å². The summed E-state index contributed by atoms with van der Waals surface area (Å²) in [5.41, 5.74) is 11.4. The monoisotopic (exact) mass is 664 g/mol. The van der Waals surface area contributed by atoms with E-state index in [-0.39, 0.29) is 22.5 Å². The molecular formula is C21H28N7O14P2+. The van der Waals surface area contributed by atoms with E-state index in [0.29, 0.717) is 0 Å². The van der Waals surface area contributed by atoms with Crippen LogP contribution < -0.4 is 16.0 Å². The van der Waals surface area contributed by atoms with Crippen LogP contribution in [0.4, 0.5) is 5.82 Å². The van der Waals surface area contributed by atoms with Gasteiger partial charge in [-0.2, -0.15) is 8.88 Å². The van der Waals surface area contributed by atoms with Gasteiger partial charge in [0.1, 0.15) is 47.9 Å². The maximum absolute atomic E-state index is 12.4. The van der Waals surface area contributed by atoms with Crippen LogP contribution in [0.3, 0.4) is 0 Å². The van der Waals surface area contributed by atoms with Gasteiger partial charge in [-0.25, -0.2) is 24.1 Å². The summed E-state index contributed by atoms with van der Waals surface area (Å²) >= 11 is 0. The number of carbonyl (C=O) groups is 1. The molecule has 0 saturated carbocycles. The lowest BCUT2D eigenvalue weighted by Crippen LogP contribution is -2.46. The van der Waals surface area contributed by atoms with Gasteiger partial charge in [0.05, 0.1) is 19.5 Å². The van der Waals surface area contributed by atoms with Crippen LogP contribution in [0.15, 0.2) is 37.2 Å². The first-order valence-corrected chi connectivity index (χ1v) is 15.6. The third kappa shape index (κ3) is 6.65. The Labute approximate surface area is 246 Å². The molecular weight excluding hydrogens is 636 g/mol. The first-order chi connectivity index (χ1) is 20.7. The molecule has 5 rings (SSSR count). The van der Waals surface area contributed by atoms with E-state index < -0.39 is 83.8 Å². The van der Waals surface area contributed by atoms with Gasteiger partial charge >= 0.3 is 15.6 Å². The first kappa shape index (κ1) is 32.4. The predicted molar refractivity (Wildman–Crippen MR) is 139 cm³/mol. The second kappa shape index (κ2) is 12.4. The van der Waals surface area contributed by atoms with Crippen LogP contribution >= 0.6 is 15.6 Å². The number of aliphatic hydroxyl groups excluding tert-OH is 4. The minimum Gasteiger partial charge on any atom is -0.387 e. The molecule has 1 amide bonds. The minimum absolute atomic E-state index is 0.0505. The fourth-order valence-corrected chi connectivity index (χ4v) is 6.67. The fraction of sp³-hybridized carbons (Fsp3) is 0.476. The molecule has 2 aliphatic heterocycles. The van der Waals surface area contributed by atoms with Crippen LogP contribution in [0.5, 0.6) is 0 Å². The number of anilines is 1. The lowest BCUT2D eigenvalue weighted by molar-refractivity contribution is -0.765. The maximum atomic E-state index is 12.4. The zero-order valence-corrected chi connectivity index (χ0v) is 24.0. The standard InChI is InChI=1S/C21H27N7O14P2/c22-17-12-19(25-7-24-17)28(8-26-12)21-16(32)14(30)11(41-21)6-39-44(36,37)42-43(34,35)38-5-10-13(29)15(31)20(40-10)27-3-1-2-9(4-27)18(23)33/h1-4,7-8,10-11,13-16,20-21,29-32H,5-6H2,(H5-,22,23,24,25,33,34,35,36,37)/p+1/t10-,11+,13-,14-,15+,16-,20-,21+/m1/s1.